The van der Waals surface area contributed by atoms with E-state index >= 15 is 0 Å². The molecule has 0 saturated carbocycles. The number of carbonyl (C=O) groups is 1. The van der Waals surface area contributed by atoms with Crippen LogP contribution in [0.4, 0.5) is 11.1 Å². The summed E-state index contributed by atoms with van der Waals surface area (Å²) >= 11 is 1.41. The number of aromatic nitrogens is 2. The lowest BCUT2D eigenvalue weighted by molar-refractivity contribution is -0.117. The number of benzene rings is 1. The maximum absolute atomic E-state index is 12.5. The van der Waals surface area contributed by atoms with Gasteiger partial charge in [-0.2, -0.15) is 4.98 Å². The number of thiazole rings is 1. The zero-order chi connectivity index (χ0) is 14.9. The van der Waals surface area contributed by atoms with Crippen molar-refractivity contribution in [3.05, 3.63) is 35.8 Å². The Kier molecular flexibility index (Phi) is 3.27. The molecule has 112 valence electrons. The summed E-state index contributed by atoms with van der Waals surface area (Å²) in [5, 5.41) is 5.31. The van der Waals surface area contributed by atoms with Gasteiger partial charge in [0.05, 0.1) is 0 Å². The minimum Gasteiger partial charge on any atom is -0.423 e. The second-order valence-corrected chi connectivity index (χ2v) is 6.04. The molecule has 1 N–H and O–H groups in total. The van der Waals surface area contributed by atoms with Crippen molar-refractivity contribution >= 4 is 39.5 Å². The van der Waals surface area contributed by atoms with Gasteiger partial charge in [0.15, 0.2) is 10.7 Å². The van der Waals surface area contributed by atoms with E-state index in [4.69, 9.17) is 4.42 Å². The number of fused-ring (bicyclic) bond motifs is 1. The highest BCUT2D eigenvalue weighted by Crippen LogP contribution is 2.29. The highest BCUT2D eigenvalue weighted by molar-refractivity contribution is 7.13. The fourth-order valence-electron chi connectivity index (χ4n) is 2.73. The lowest BCUT2D eigenvalue weighted by Gasteiger charge is -2.21. The molecule has 2 aromatic heterocycles. The van der Waals surface area contributed by atoms with Gasteiger partial charge in [-0.1, -0.05) is 12.1 Å². The molecule has 1 amide bonds. The molecule has 3 heterocycles. The molecule has 1 saturated heterocycles. The molecule has 3 aromatic rings. The largest absolute Gasteiger partial charge is 0.423 e. The first kappa shape index (κ1) is 13.3. The van der Waals surface area contributed by atoms with Crippen molar-refractivity contribution in [1.29, 1.82) is 0 Å². The van der Waals surface area contributed by atoms with Gasteiger partial charge in [-0.25, -0.2) is 4.98 Å². The zero-order valence-electron chi connectivity index (χ0n) is 11.7. The van der Waals surface area contributed by atoms with E-state index in [0.717, 1.165) is 30.5 Å². The maximum atomic E-state index is 12.5. The van der Waals surface area contributed by atoms with Gasteiger partial charge in [-0.3, -0.25) is 4.79 Å². The number of amides is 1. The first-order valence-corrected chi connectivity index (χ1v) is 8.02. The predicted octanol–water partition coefficient (Wildman–Crippen LogP) is 2.89. The highest BCUT2D eigenvalue weighted by atomic mass is 32.1. The van der Waals surface area contributed by atoms with Crippen LogP contribution in [0.1, 0.15) is 12.8 Å². The minimum absolute atomic E-state index is 0.0605. The van der Waals surface area contributed by atoms with Gasteiger partial charge in [0.2, 0.25) is 5.91 Å². The number of anilines is 2. The Morgan fingerprint density at radius 2 is 2.32 bits per heavy atom. The summed E-state index contributed by atoms with van der Waals surface area (Å²) in [6, 6.07) is 7.87. The fraction of sp³-hybridized carbons (Fsp3) is 0.267. The van der Waals surface area contributed by atoms with Crippen LogP contribution in [0.5, 0.6) is 0 Å². The summed E-state index contributed by atoms with van der Waals surface area (Å²) in [5.74, 6) is -0.0605. The van der Waals surface area contributed by atoms with E-state index in [-0.39, 0.29) is 11.9 Å². The van der Waals surface area contributed by atoms with Crippen LogP contribution in [0.2, 0.25) is 0 Å². The summed E-state index contributed by atoms with van der Waals surface area (Å²) in [5.41, 5.74) is 1.55. The van der Waals surface area contributed by atoms with Crippen LogP contribution >= 0.6 is 11.3 Å². The molecular formula is C15H14N4O2S. The molecule has 1 atom stereocenters. The van der Waals surface area contributed by atoms with E-state index in [1.54, 1.807) is 6.20 Å². The standard InChI is InChI=1S/C15H14N4O2S/c20-13(18-14-16-7-9-22-14)11-5-3-8-19(11)15-17-10-4-1-2-6-12(10)21-15/h1-2,4,6-7,9,11H,3,5,8H2,(H,16,18,20)/t11-/m0/s1. The van der Waals surface area contributed by atoms with Crippen molar-refractivity contribution in [1.82, 2.24) is 9.97 Å². The normalized spacial score (nSPS) is 18.0. The Morgan fingerprint density at radius 3 is 3.14 bits per heavy atom. The Morgan fingerprint density at radius 1 is 1.41 bits per heavy atom. The van der Waals surface area contributed by atoms with Crippen LogP contribution in [0.15, 0.2) is 40.3 Å². The second-order valence-electron chi connectivity index (χ2n) is 5.14. The van der Waals surface area contributed by atoms with Gasteiger partial charge >= 0.3 is 0 Å². The van der Waals surface area contributed by atoms with Gasteiger partial charge in [0.25, 0.3) is 6.01 Å². The molecular weight excluding hydrogens is 300 g/mol. The maximum Gasteiger partial charge on any atom is 0.299 e. The minimum atomic E-state index is -0.267. The van der Waals surface area contributed by atoms with Crippen LogP contribution in [0.3, 0.4) is 0 Å². The molecule has 1 aliphatic heterocycles. The monoisotopic (exact) mass is 314 g/mol. The molecule has 0 unspecified atom stereocenters. The summed E-state index contributed by atoms with van der Waals surface area (Å²) in [6.07, 6.45) is 3.40. The Hall–Kier alpha value is -2.41. The predicted molar refractivity (Wildman–Crippen MR) is 85.1 cm³/mol. The van der Waals surface area contributed by atoms with E-state index in [9.17, 15) is 4.79 Å². The molecule has 0 bridgehead atoms. The summed E-state index contributed by atoms with van der Waals surface area (Å²) in [4.78, 5) is 23.0. The second kappa shape index (κ2) is 5.42. The Bertz CT molecular complexity index is 766. The Balaban J connectivity index is 1.58. The third-order valence-corrected chi connectivity index (χ3v) is 4.43. The van der Waals surface area contributed by atoms with Crippen molar-refractivity contribution < 1.29 is 9.21 Å². The third-order valence-electron chi connectivity index (χ3n) is 3.75. The van der Waals surface area contributed by atoms with Crippen molar-refractivity contribution in [2.24, 2.45) is 0 Å². The number of nitrogens with zero attached hydrogens (tertiary/aromatic N) is 3. The van der Waals surface area contributed by atoms with Gasteiger partial charge in [-0.05, 0) is 25.0 Å². The average molecular weight is 314 g/mol. The lowest BCUT2D eigenvalue weighted by atomic mass is 10.2. The van der Waals surface area contributed by atoms with Crippen LogP contribution in [-0.4, -0.2) is 28.5 Å². The molecule has 0 radical (unpaired) electrons. The van der Waals surface area contributed by atoms with Crippen molar-refractivity contribution in [2.45, 2.75) is 18.9 Å². The lowest BCUT2D eigenvalue weighted by Crippen LogP contribution is -2.39. The number of carbonyl (C=O) groups excluding carboxylic acids is 1. The summed E-state index contributed by atoms with van der Waals surface area (Å²) in [6.45, 7) is 0.767. The summed E-state index contributed by atoms with van der Waals surface area (Å²) < 4.78 is 5.79. The number of para-hydroxylation sites is 2. The van der Waals surface area contributed by atoms with E-state index in [2.05, 4.69) is 15.3 Å². The topological polar surface area (TPSA) is 71.3 Å². The molecule has 1 fully saturated rings. The molecule has 1 aliphatic rings. The number of hydrogen-bond acceptors (Lipinski definition) is 6. The fourth-order valence-corrected chi connectivity index (χ4v) is 3.26. The van der Waals surface area contributed by atoms with Crippen LogP contribution < -0.4 is 10.2 Å². The number of hydrogen-bond donors (Lipinski definition) is 1. The van der Waals surface area contributed by atoms with Gasteiger partial charge < -0.3 is 14.6 Å². The quantitative estimate of drug-likeness (QED) is 0.805. The zero-order valence-corrected chi connectivity index (χ0v) is 12.5. The molecule has 7 heteroatoms. The molecule has 4 rings (SSSR count). The Labute approximate surface area is 130 Å². The van der Waals surface area contributed by atoms with Crippen molar-refractivity contribution in [3.8, 4) is 0 Å². The van der Waals surface area contributed by atoms with E-state index < -0.39 is 0 Å². The average Bonchev–Trinajstić information content (AvgIpc) is 3.26. The van der Waals surface area contributed by atoms with Gasteiger partial charge in [0.1, 0.15) is 11.6 Å². The SMILES string of the molecule is O=C(Nc1nccs1)[C@@H]1CCCN1c1nc2ccccc2o1. The number of nitrogens with one attached hydrogen (secondary N) is 1. The van der Waals surface area contributed by atoms with Crippen LogP contribution in [-0.2, 0) is 4.79 Å². The number of oxazole rings is 1. The first-order valence-electron chi connectivity index (χ1n) is 7.14. The van der Waals surface area contributed by atoms with Crippen LogP contribution in [0.25, 0.3) is 11.1 Å². The summed E-state index contributed by atoms with van der Waals surface area (Å²) in [7, 11) is 0. The molecule has 1 aromatic carbocycles. The first-order chi connectivity index (χ1) is 10.8. The highest BCUT2D eigenvalue weighted by Gasteiger charge is 2.34. The van der Waals surface area contributed by atoms with Crippen LogP contribution in [0, 0.1) is 0 Å². The molecule has 0 spiro atoms. The van der Waals surface area contributed by atoms with Crippen molar-refractivity contribution in [2.75, 3.05) is 16.8 Å². The van der Waals surface area contributed by atoms with Crippen molar-refractivity contribution in [3.63, 3.8) is 0 Å². The molecule has 6 nitrogen and oxygen atoms in total. The van der Waals surface area contributed by atoms with Gasteiger partial charge in [-0.15, -0.1) is 11.3 Å². The molecule has 0 aliphatic carbocycles. The van der Waals surface area contributed by atoms with E-state index in [1.807, 2.05) is 34.5 Å². The smallest absolute Gasteiger partial charge is 0.299 e. The molecule has 22 heavy (non-hydrogen) atoms. The van der Waals surface area contributed by atoms with E-state index in [1.165, 1.54) is 11.3 Å². The van der Waals surface area contributed by atoms with Gasteiger partial charge in [0, 0.05) is 18.1 Å². The third kappa shape index (κ3) is 2.33. The number of rotatable bonds is 3. The van der Waals surface area contributed by atoms with E-state index in [0.29, 0.717) is 11.1 Å².